The number of carbonyl (C=O) groups excluding carboxylic acids is 1. The second-order valence-corrected chi connectivity index (χ2v) is 5.53. The van der Waals surface area contributed by atoms with Crippen LogP contribution < -0.4 is 10.2 Å². The molecular formula is C14H18N2O3. The highest BCUT2D eigenvalue weighted by molar-refractivity contribution is 6.12. The summed E-state index contributed by atoms with van der Waals surface area (Å²) in [4.78, 5) is 25.4. The zero-order valence-corrected chi connectivity index (χ0v) is 11.5. The van der Waals surface area contributed by atoms with Gasteiger partial charge < -0.3 is 15.3 Å². The number of nitrogens with one attached hydrogen (secondary N) is 1. The Bertz CT molecular complexity index is 550. The molecule has 0 aromatic heterocycles. The van der Waals surface area contributed by atoms with E-state index in [-0.39, 0.29) is 17.5 Å². The molecule has 0 spiro atoms. The lowest BCUT2D eigenvalue weighted by molar-refractivity contribution is -0.122. The molecule has 2 N–H and O–H groups in total. The molecule has 0 bridgehead atoms. The van der Waals surface area contributed by atoms with Gasteiger partial charge in [0.15, 0.2) is 0 Å². The maximum Gasteiger partial charge on any atom is 0.337 e. The van der Waals surface area contributed by atoms with Crippen LogP contribution in [-0.2, 0) is 4.79 Å². The number of anilines is 2. The lowest BCUT2D eigenvalue weighted by atomic mass is 9.95. The second-order valence-electron chi connectivity index (χ2n) is 5.53. The van der Waals surface area contributed by atoms with Crippen LogP contribution in [0.15, 0.2) is 18.2 Å². The van der Waals surface area contributed by atoms with Gasteiger partial charge in [0.2, 0.25) is 0 Å². The van der Waals surface area contributed by atoms with Crippen LogP contribution in [0.2, 0.25) is 0 Å². The number of nitrogens with zero attached hydrogens (tertiary/aromatic N) is 1. The fraction of sp³-hybridized carbons (Fsp3) is 0.429. The van der Waals surface area contributed by atoms with Gasteiger partial charge in [0.05, 0.1) is 16.9 Å². The summed E-state index contributed by atoms with van der Waals surface area (Å²) >= 11 is 0. The molecule has 0 unspecified atom stereocenters. The van der Waals surface area contributed by atoms with Crippen LogP contribution in [0.5, 0.6) is 0 Å². The monoisotopic (exact) mass is 262 g/mol. The smallest absolute Gasteiger partial charge is 0.337 e. The Kier molecular flexibility index (Phi) is 3.00. The zero-order chi connectivity index (χ0) is 14.4. The SMILES string of the molecule is CC(C)N1C(=O)C(C)(C)Nc2cccc(C(=O)O)c21. The summed E-state index contributed by atoms with van der Waals surface area (Å²) in [5.74, 6) is -1.15. The van der Waals surface area contributed by atoms with E-state index in [9.17, 15) is 14.7 Å². The van der Waals surface area contributed by atoms with E-state index in [1.807, 2.05) is 13.8 Å². The van der Waals surface area contributed by atoms with Gasteiger partial charge in [0.1, 0.15) is 5.54 Å². The molecule has 1 heterocycles. The van der Waals surface area contributed by atoms with E-state index in [4.69, 9.17) is 0 Å². The van der Waals surface area contributed by atoms with Crippen molar-refractivity contribution in [3.63, 3.8) is 0 Å². The molecule has 102 valence electrons. The molecule has 0 saturated heterocycles. The van der Waals surface area contributed by atoms with Gasteiger partial charge in [0.25, 0.3) is 5.91 Å². The Balaban J connectivity index is 2.71. The molecule has 1 aromatic rings. The molecule has 0 saturated carbocycles. The maximum absolute atomic E-state index is 12.5. The van der Waals surface area contributed by atoms with Crippen LogP contribution in [0.25, 0.3) is 0 Å². The first-order chi connectivity index (χ1) is 8.75. The minimum atomic E-state index is -1.03. The number of hydrogen-bond donors (Lipinski definition) is 2. The van der Waals surface area contributed by atoms with Crippen LogP contribution in [-0.4, -0.2) is 28.6 Å². The van der Waals surface area contributed by atoms with Crippen molar-refractivity contribution in [3.05, 3.63) is 23.8 Å². The minimum Gasteiger partial charge on any atom is -0.478 e. The van der Waals surface area contributed by atoms with Gasteiger partial charge in [-0.1, -0.05) is 6.07 Å². The number of carboxylic acid groups (broad SMARTS) is 1. The van der Waals surface area contributed by atoms with Gasteiger partial charge in [-0.2, -0.15) is 0 Å². The molecule has 1 aromatic carbocycles. The second kappa shape index (κ2) is 4.26. The third kappa shape index (κ3) is 2.05. The Hall–Kier alpha value is -2.04. The van der Waals surface area contributed by atoms with Crippen molar-refractivity contribution in [2.24, 2.45) is 0 Å². The summed E-state index contributed by atoms with van der Waals surface area (Å²) in [5, 5.41) is 12.4. The number of hydrogen-bond acceptors (Lipinski definition) is 3. The molecule has 0 atom stereocenters. The number of carbonyl (C=O) groups is 2. The normalized spacial score (nSPS) is 17.1. The first-order valence-corrected chi connectivity index (χ1v) is 6.24. The lowest BCUT2D eigenvalue weighted by Crippen LogP contribution is -2.56. The van der Waals surface area contributed by atoms with Crippen LogP contribution in [0, 0.1) is 0 Å². The standard InChI is InChI=1S/C14H18N2O3/c1-8(2)16-11-9(12(17)18)6-5-7-10(11)15-14(3,4)13(16)19/h5-8,15H,1-4H3,(H,17,18). The van der Waals surface area contributed by atoms with E-state index in [1.165, 1.54) is 6.07 Å². The molecule has 1 aliphatic heterocycles. The van der Waals surface area contributed by atoms with Crippen molar-refractivity contribution in [1.82, 2.24) is 0 Å². The van der Waals surface area contributed by atoms with Gasteiger partial charge in [-0.15, -0.1) is 0 Å². The summed E-state index contributed by atoms with van der Waals surface area (Å²) in [6.45, 7) is 7.34. The van der Waals surface area contributed by atoms with Gasteiger partial charge in [0, 0.05) is 6.04 Å². The molecule has 5 heteroatoms. The first kappa shape index (κ1) is 13.4. The Morgan fingerprint density at radius 2 is 2.00 bits per heavy atom. The van der Waals surface area contributed by atoms with Gasteiger partial charge in [-0.3, -0.25) is 4.79 Å². The average molecular weight is 262 g/mol. The number of fused-ring (bicyclic) bond motifs is 1. The lowest BCUT2D eigenvalue weighted by Gasteiger charge is -2.42. The summed E-state index contributed by atoms with van der Waals surface area (Å²) in [5.41, 5.74) is 0.532. The first-order valence-electron chi connectivity index (χ1n) is 6.24. The fourth-order valence-electron chi connectivity index (χ4n) is 2.36. The summed E-state index contributed by atoms with van der Waals surface area (Å²) in [6, 6.07) is 4.89. The van der Waals surface area contributed by atoms with Crippen molar-refractivity contribution in [2.75, 3.05) is 10.2 Å². The number of aromatic carboxylic acids is 1. The van der Waals surface area contributed by atoms with Crippen LogP contribution >= 0.6 is 0 Å². The molecule has 0 aliphatic carbocycles. The predicted molar refractivity (Wildman–Crippen MR) is 73.7 cm³/mol. The van der Waals surface area contributed by atoms with E-state index in [0.717, 1.165) is 0 Å². The summed E-state index contributed by atoms with van der Waals surface area (Å²) in [7, 11) is 0. The van der Waals surface area contributed by atoms with Crippen molar-refractivity contribution in [2.45, 2.75) is 39.3 Å². The molecule has 0 fully saturated rings. The van der Waals surface area contributed by atoms with Crippen LogP contribution in [0.4, 0.5) is 11.4 Å². The van der Waals surface area contributed by atoms with Gasteiger partial charge in [-0.05, 0) is 39.8 Å². The number of carboxylic acids is 1. The van der Waals surface area contributed by atoms with E-state index < -0.39 is 11.5 Å². The zero-order valence-electron chi connectivity index (χ0n) is 11.5. The average Bonchev–Trinajstić information content (AvgIpc) is 2.28. The van der Waals surface area contributed by atoms with Crippen LogP contribution in [0.1, 0.15) is 38.1 Å². The highest BCUT2D eigenvalue weighted by atomic mass is 16.4. The van der Waals surface area contributed by atoms with Crippen molar-refractivity contribution < 1.29 is 14.7 Å². The molecule has 0 radical (unpaired) electrons. The highest BCUT2D eigenvalue weighted by Crippen LogP contribution is 2.39. The summed E-state index contributed by atoms with van der Waals surface area (Å²) in [6.07, 6.45) is 0. The third-order valence-electron chi connectivity index (χ3n) is 3.22. The van der Waals surface area contributed by atoms with E-state index in [1.54, 1.807) is 30.9 Å². The predicted octanol–water partition coefficient (Wildman–Crippen LogP) is 2.33. The van der Waals surface area contributed by atoms with Crippen LogP contribution in [0.3, 0.4) is 0 Å². The highest BCUT2D eigenvalue weighted by Gasteiger charge is 2.41. The Morgan fingerprint density at radius 1 is 1.37 bits per heavy atom. The molecule has 1 aliphatic rings. The molecular weight excluding hydrogens is 244 g/mol. The Labute approximate surface area is 112 Å². The topological polar surface area (TPSA) is 69.6 Å². The largest absolute Gasteiger partial charge is 0.478 e. The maximum atomic E-state index is 12.5. The Morgan fingerprint density at radius 3 is 2.53 bits per heavy atom. The van der Waals surface area contributed by atoms with Gasteiger partial charge in [-0.25, -0.2) is 4.79 Å². The van der Waals surface area contributed by atoms with Crippen molar-refractivity contribution in [3.8, 4) is 0 Å². The van der Waals surface area contributed by atoms with E-state index >= 15 is 0 Å². The molecule has 19 heavy (non-hydrogen) atoms. The third-order valence-corrected chi connectivity index (χ3v) is 3.22. The quantitative estimate of drug-likeness (QED) is 0.858. The molecule has 1 amide bonds. The van der Waals surface area contributed by atoms with E-state index in [2.05, 4.69) is 5.32 Å². The minimum absolute atomic E-state index is 0.104. The number of amides is 1. The number of para-hydroxylation sites is 1. The molecule has 5 nitrogen and oxygen atoms in total. The number of rotatable bonds is 2. The van der Waals surface area contributed by atoms with Crippen molar-refractivity contribution in [1.29, 1.82) is 0 Å². The van der Waals surface area contributed by atoms with Gasteiger partial charge >= 0.3 is 5.97 Å². The summed E-state index contributed by atoms with van der Waals surface area (Å²) < 4.78 is 0. The van der Waals surface area contributed by atoms with Crippen molar-refractivity contribution >= 4 is 23.3 Å². The molecule has 2 rings (SSSR count). The van der Waals surface area contributed by atoms with E-state index in [0.29, 0.717) is 11.4 Å². The number of benzene rings is 1. The fourth-order valence-corrected chi connectivity index (χ4v) is 2.36.